The van der Waals surface area contributed by atoms with Crippen molar-refractivity contribution in [3.05, 3.63) is 36.7 Å². The molecular formula is C18H25N5O2. The Kier molecular flexibility index (Phi) is 5.45. The second-order valence-corrected chi connectivity index (χ2v) is 6.59. The molecule has 1 fully saturated rings. The topological polar surface area (TPSA) is 63.5 Å². The molecule has 25 heavy (non-hydrogen) atoms. The lowest BCUT2D eigenvalue weighted by Gasteiger charge is -2.25. The molecule has 1 aliphatic heterocycles. The summed E-state index contributed by atoms with van der Waals surface area (Å²) >= 11 is 0. The van der Waals surface area contributed by atoms with Gasteiger partial charge in [-0.1, -0.05) is 30.3 Å². The van der Waals surface area contributed by atoms with Gasteiger partial charge >= 0.3 is 0 Å². The molecule has 7 heteroatoms. The molecule has 0 spiro atoms. The van der Waals surface area contributed by atoms with E-state index in [1.807, 2.05) is 37.4 Å². The largest absolute Gasteiger partial charge is 0.380 e. The minimum atomic E-state index is 0.0266. The van der Waals surface area contributed by atoms with E-state index in [1.165, 1.54) is 0 Å². The van der Waals surface area contributed by atoms with Crippen LogP contribution < -0.4 is 0 Å². The van der Waals surface area contributed by atoms with Crippen molar-refractivity contribution in [3.63, 3.8) is 0 Å². The molecule has 1 aliphatic rings. The fraction of sp³-hybridized carbons (Fsp3) is 0.500. The van der Waals surface area contributed by atoms with E-state index in [0.29, 0.717) is 18.4 Å². The van der Waals surface area contributed by atoms with Gasteiger partial charge in [0.1, 0.15) is 12.9 Å². The highest BCUT2D eigenvalue weighted by molar-refractivity contribution is 5.75. The molecule has 0 radical (unpaired) electrons. The molecular weight excluding hydrogens is 318 g/mol. The summed E-state index contributed by atoms with van der Waals surface area (Å²) in [5, 5.41) is 4.40. The van der Waals surface area contributed by atoms with E-state index in [4.69, 9.17) is 4.74 Å². The van der Waals surface area contributed by atoms with Gasteiger partial charge in [0.25, 0.3) is 0 Å². The van der Waals surface area contributed by atoms with Crippen molar-refractivity contribution in [1.29, 1.82) is 0 Å². The first-order valence-corrected chi connectivity index (χ1v) is 8.48. The van der Waals surface area contributed by atoms with Crippen LogP contribution in [0.4, 0.5) is 0 Å². The van der Waals surface area contributed by atoms with Gasteiger partial charge in [0, 0.05) is 38.9 Å². The summed E-state index contributed by atoms with van der Waals surface area (Å²) in [6, 6.07) is 10.1. The maximum atomic E-state index is 12.5. The van der Waals surface area contributed by atoms with E-state index in [2.05, 4.69) is 22.0 Å². The van der Waals surface area contributed by atoms with Crippen LogP contribution in [0.15, 0.2) is 36.7 Å². The van der Waals surface area contributed by atoms with Crippen LogP contribution in [0.25, 0.3) is 11.4 Å². The van der Waals surface area contributed by atoms with Gasteiger partial charge in [0.05, 0.1) is 6.10 Å². The third-order valence-corrected chi connectivity index (χ3v) is 4.76. The molecule has 1 aromatic carbocycles. The smallest absolute Gasteiger partial charge is 0.244 e. The summed E-state index contributed by atoms with van der Waals surface area (Å²) in [6.07, 6.45) is 2.81. The van der Waals surface area contributed by atoms with Crippen molar-refractivity contribution < 1.29 is 9.53 Å². The van der Waals surface area contributed by atoms with Crippen LogP contribution in [-0.2, 0) is 16.1 Å². The van der Waals surface area contributed by atoms with Gasteiger partial charge in [-0.05, 0) is 13.5 Å². The Hall–Kier alpha value is -2.25. The zero-order valence-corrected chi connectivity index (χ0v) is 15.0. The Morgan fingerprint density at radius 2 is 2.12 bits per heavy atom. The highest BCUT2D eigenvalue weighted by atomic mass is 16.5. The van der Waals surface area contributed by atoms with E-state index >= 15 is 0 Å². The maximum absolute atomic E-state index is 12.5. The summed E-state index contributed by atoms with van der Waals surface area (Å²) in [5.74, 6) is 0.660. The number of carbonyl (C=O) groups excluding carboxylic acids is 1. The molecule has 3 rings (SSSR count). The van der Waals surface area contributed by atoms with Crippen molar-refractivity contribution in [2.45, 2.75) is 25.1 Å². The second kappa shape index (κ2) is 7.76. The molecule has 0 unspecified atom stereocenters. The first kappa shape index (κ1) is 17.6. The fourth-order valence-electron chi connectivity index (χ4n) is 3.18. The molecule has 1 amide bonds. The van der Waals surface area contributed by atoms with Gasteiger partial charge in [-0.25, -0.2) is 9.67 Å². The SMILES string of the molecule is CO[C@H]1C[C@@H](CN(C)C(=O)Cn2cnc(-c3ccccc3)n2)N(C)C1. The molecule has 0 N–H and O–H groups in total. The van der Waals surface area contributed by atoms with Crippen molar-refractivity contribution in [3.8, 4) is 11.4 Å². The Bertz CT molecular complexity index is 703. The lowest BCUT2D eigenvalue weighted by atomic mass is 10.2. The normalized spacial score (nSPS) is 20.8. The van der Waals surface area contributed by atoms with Crippen molar-refractivity contribution in [2.75, 3.05) is 34.3 Å². The molecule has 2 heterocycles. The fourth-order valence-corrected chi connectivity index (χ4v) is 3.18. The lowest BCUT2D eigenvalue weighted by molar-refractivity contribution is -0.131. The molecule has 134 valence electrons. The molecule has 1 saturated heterocycles. The number of likely N-dealkylation sites (N-methyl/N-ethyl adjacent to an activating group) is 2. The Labute approximate surface area is 148 Å². The Morgan fingerprint density at radius 1 is 1.36 bits per heavy atom. The van der Waals surface area contributed by atoms with Crippen LogP contribution in [0.2, 0.25) is 0 Å². The number of hydrogen-bond donors (Lipinski definition) is 0. The number of hydrogen-bond acceptors (Lipinski definition) is 5. The lowest BCUT2D eigenvalue weighted by Crippen LogP contribution is -2.40. The average molecular weight is 343 g/mol. The molecule has 7 nitrogen and oxygen atoms in total. The van der Waals surface area contributed by atoms with Crippen LogP contribution in [-0.4, -0.2) is 76.9 Å². The van der Waals surface area contributed by atoms with Gasteiger partial charge in [-0.2, -0.15) is 5.10 Å². The first-order valence-electron chi connectivity index (χ1n) is 8.48. The van der Waals surface area contributed by atoms with Crippen molar-refractivity contribution in [1.82, 2.24) is 24.6 Å². The highest BCUT2D eigenvalue weighted by Crippen LogP contribution is 2.19. The van der Waals surface area contributed by atoms with Gasteiger partial charge < -0.3 is 9.64 Å². The molecule has 0 aliphatic carbocycles. The summed E-state index contributed by atoms with van der Waals surface area (Å²) in [7, 11) is 5.65. The number of aromatic nitrogens is 3. The highest BCUT2D eigenvalue weighted by Gasteiger charge is 2.30. The van der Waals surface area contributed by atoms with E-state index in [9.17, 15) is 4.79 Å². The number of carbonyl (C=O) groups is 1. The minimum absolute atomic E-state index is 0.0266. The van der Waals surface area contributed by atoms with Crippen LogP contribution in [0.1, 0.15) is 6.42 Å². The average Bonchev–Trinajstić information content (AvgIpc) is 3.22. The van der Waals surface area contributed by atoms with Gasteiger partial charge in [0.15, 0.2) is 5.82 Å². The predicted molar refractivity (Wildman–Crippen MR) is 94.9 cm³/mol. The number of benzene rings is 1. The quantitative estimate of drug-likeness (QED) is 0.787. The third-order valence-electron chi connectivity index (χ3n) is 4.76. The van der Waals surface area contributed by atoms with Gasteiger partial charge in [-0.15, -0.1) is 0 Å². The summed E-state index contributed by atoms with van der Waals surface area (Å²) < 4.78 is 7.02. The third kappa shape index (κ3) is 4.24. The Morgan fingerprint density at radius 3 is 2.80 bits per heavy atom. The maximum Gasteiger partial charge on any atom is 0.244 e. The number of likely N-dealkylation sites (tertiary alicyclic amines) is 1. The first-order chi connectivity index (χ1) is 12.1. The summed E-state index contributed by atoms with van der Waals surface area (Å²) in [6.45, 7) is 1.79. The monoisotopic (exact) mass is 343 g/mol. The number of ether oxygens (including phenoxy) is 1. The number of rotatable bonds is 6. The Balaban J connectivity index is 1.56. The second-order valence-electron chi connectivity index (χ2n) is 6.59. The predicted octanol–water partition coefficient (Wildman–Crippen LogP) is 1.12. The van der Waals surface area contributed by atoms with E-state index < -0.39 is 0 Å². The zero-order chi connectivity index (χ0) is 17.8. The molecule has 0 saturated carbocycles. The summed E-state index contributed by atoms with van der Waals surface area (Å²) in [5.41, 5.74) is 0.945. The molecule has 2 aromatic rings. The number of methoxy groups -OCH3 is 1. The summed E-state index contributed by atoms with van der Waals surface area (Å²) in [4.78, 5) is 20.8. The minimum Gasteiger partial charge on any atom is -0.380 e. The van der Waals surface area contributed by atoms with E-state index in [-0.39, 0.29) is 18.6 Å². The van der Waals surface area contributed by atoms with Crippen LogP contribution in [0, 0.1) is 0 Å². The van der Waals surface area contributed by atoms with Gasteiger partial charge in [0.2, 0.25) is 5.91 Å². The molecule has 0 bridgehead atoms. The standard InChI is InChI=1S/C18H25N5O2/c1-21-11-16(25-3)9-15(21)10-22(2)17(24)12-23-13-19-18(20-23)14-7-5-4-6-8-14/h4-8,13,15-16H,9-12H2,1-3H3/t15-,16-/m0/s1. The molecule has 1 aromatic heterocycles. The number of nitrogens with zero attached hydrogens (tertiary/aromatic N) is 5. The van der Waals surface area contributed by atoms with E-state index in [0.717, 1.165) is 18.5 Å². The van der Waals surface area contributed by atoms with Gasteiger partial charge in [-0.3, -0.25) is 9.69 Å². The van der Waals surface area contributed by atoms with Crippen LogP contribution >= 0.6 is 0 Å². The van der Waals surface area contributed by atoms with Crippen LogP contribution in [0.5, 0.6) is 0 Å². The van der Waals surface area contributed by atoms with Crippen molar-refractivity contribution in [2.24, 2.45) is 0 Å². The molecule has 2 atom stereocenters. The zero-order valence-electron chi connectivity index (χ0n) is 15.0. The van der Waals surface area contributed by atoms with Crippen molar-refractivity contribution >= 4 is 5.91 Å². The van der Waals surface area contributed by atoms with E-state index in [1.54, 1.807) is 23.0 Å². The number of amides is 1. The van der Waals surface area contributed by atoms with Crippen LogP contribution in [0.3, 0.4) is 0 Å².